The lowest BCUT2D eigenvalue weighted by Gasteiger charge is -2.56. The van der Waals surface area contributed by atoms with E-state index in [1.807, 2.05) is 6.92 Å². The molecule has 1 fully saturated rings. The predicted octanol–water partition coefficient (Wildman–Crippen LogP) is 0.377. The van der Waals surface area contributed by atoms with Crippen molar-refractivity contribution in [2.45, 2.75) is 30.5 Å². The second kappa shape index (κ2) is 7.93. The molecule has 34 heavy (non-hydrogen) atoms. The fourth-order valence-corrected chi connectivity index (χ4v) is 6.26. The zero-order valence-electron chi connectivity index (χ0n) is 19.6. The third-order valence-electron chi connectivity index (χ3n) is 7.67. The summed E-state index contributed by atoms with van der Waals surface area (Å²) in [5, 5.41) is 35.9. The molecule has 10 nitrogen and oxygen atoms in total. The van der Waals surface area contributed by atoms with Crippen LogP contribution < -0.4 is 11.1 Å². The van der Waals surface area contributed by atoms with Crippen LogP contribution in [0.1, 0.15) is 24.0 Å². The maximum absolute atomic E-state index is 14.2. The van der Waals surface area contributed by atoms with Gasteiger partial charge in [-0.05, 0) is 38.7 Å². The number of nitrogens with one attached hydrogen (secondary N) is 1. The van der Waals surface area contributed by atoms with Crippen LogP contribution in [0.2, 0.25) is 0 Å². The fraction of sp³-hybridized carbons (Fsp3) is 0.458. The molecule has 1 aromatic rings. The Bertz CT molecular complexity index is 1170. The Balaban J connectivity index is 2.13. The number of nitrogens with zero attached hydrogens (tertiary/aromatic N) is 1. The van der Waals surface area contributed by atoms with Crippen molar-refractivity contribution in [2.75, 3.05) is 28.3 Å². The normalized spacial score (nSPS) is 33.1. The number of aromatic hydroxyl groups is 1. The number of primary amides is 1. The Morgan fingerprint density at radius 2 is 1.85 bits per heavy atom. The molecule has 2 unspecified atom stereocenters. The van der Waals surface area contributed by atoms with Gasteiger partial charge in [-0.2, -0.15) is 0 Å². The summed E-state index contributed by atoms with van der Waals surface area (Å²) in [6, 6.07) is 3.76. The largest absolute Gasteiger partial charge is 0.509 e. The standard InChI is InChI=1S/C24H29N3O7/c1-9-10-7-6-8-11(28)13(10)18(29)14-12(9)20(34-5)16-17(27(3)4)19(30)15(23(25)33)22(32)24(16,26-2)21(14)31/h6-9,12,16-17,20,26,28-29,32H,1-5H3,(H2,25,33)/t9?,12-,16+,17+,20?,24+/m1/s1. The van der Waals surface area contributed by atoms with E-state index in [9.17, 15) is 29.7 Å². The number of likely N-dealkylation sites (N-methyl/N-ethyl adjacent to an activating group) is 2. The molecule has 0 saturated heterocycles. The summed E-state index contributed by atoms with van der Waals surface area (Å²) in [6.07, 6.45) is -0.847. The van der Waals surface area contributed by atoms with Crippen molar-refractivity contribution in [3.05, 3.63) is 46.2 Å². The van der Waals surface area contributed by atoms with Crippen molar-refractivity contribution in [1.82, 2.24) is 10.2 Å². The number of phenolic OH excluding ortho intramolecular Hbond substituents is 1. The molecule has 6 atom stereocenters. The summed E-state index contributed by atoms with van der Waals surface area (Å²) < 4.78 is 5.91. The number of amides is 1. The van der Waals surface area contributed by atoms with E-state index >= 15 is 0 Å². The molecule has 6 N–H and O–H groups in total. The van der Waals surface area contributed by atoms with E-state index in [4.69, 9.17) is 10.5 Å². The van der Waals surface area contributed by atoms with E-state index < -0.39 is 70.0 Å². The molecule has 0 spiro atoms. The van der Waals surface area contributed by atoms with E-state index in [0.29, 0.717) is 5.56 Å². The van der Waals surface area contributed by atoms with Crippen molar-refractivity contribution in [3.8, 4) is 5.75 Å². The van der Waals surface area contributed by atoms with Crippen LogP contribution >= 0.6 is 0 Å². The maximum Gasteiger partial charge on any atom is 0.255 e. The highest BCUT2D eigenvalue weighted by atomic mass is 16.5. The van der Waals surface area contributed by atoms with Gasteiger partial charge in [0.2, 0.25) is 0 Å². The molecule has 3 aliphatic carbocycles. The first kappa shape index (κ1) is 23.9. The third kappa shape index (κ3) is 2.76. The lowest BCUT2D eigenvalue weighted by molar-refractivity contribution is -0.147. The number of hydrogen-bond acceptors (Lipinski definition) is 9. The SMILES string of the molecule is CN[C@]12C(=O)C3=C(O)c4c(O)cccc4C(C)[C@H]3C(OC)[C@@H]1[C@H](N(C)C)C(=O)C(C(N)=O)=C2O. The number of aliphatic hydroxyl groups excluding tert-OH is 2. The topological polar surface area (TPSA) is 162 Å². The van der Waals surface area contributed by atoms with Crippen LogP contribution in [-0.2, 0) is 19.1 Å². The molecule has 1 saturated carbocycles. The van der Waals surface area contributed by atoms with Crippen LogP contribution in [0.25, 0.3) is 5.76 Å². The Labute approximate surface area is 196 Å². The number of methoxy groups -OCH3 is 1. The number of benzene rings is 1. The van der Waals surface area contributed by atoms with Gasteiger partial charge in [0.15, 0.2) is 11.6 Å². The molecule has 0 aromatic heterocycles. The fourth-order valence-electron chi connectivity index (χ4n) is 6.26. The number of ketones is 2. The number of nitrogens with two attached hydrogens (primary N) is 1. The molecule has 1 aromatic carbocycles. The first-order valence-corrected chi connectivity index (χ1v) is 10.9. The summed E-state index contributed by atoms with van der Waals surface area (Å²) in [4.78, 5) is 41.5. The quantitative estimate of drug-likeness (QED) is 0.391. The predicted molar refractivity (Wildman–Crippen MR) is 122 cm³/mol. The lowest BCUT2D eigenvalue weighted by atomic mass is 9.53. The van der Waals surface area contributed by atoms with E-state index in [-0.39, 0.29) is 16.9 Å². The summed E-state index contributed by atoms with van der Waals surface area (Å²) in [5.74, 6) is -6.06. The van der Waals surface area contributed by atoms with Gasteiger partial charge < -0.3 is 31.1 Å². The Kier molecular flexibility index (Phi) is 5.58. The van der Waals surface area contributed by atoms with Crippen LogP contribution in [0, 0.1) is 11.8 Å². The van der Waals surface area contributed by atoms with Gasteiger partial charge in [-0.25, -0.2) is 0 Å². The van der Waals surface area contributed by atoms with Crippen LogP contribution in [-0.4, -0.2) is 83.6 Å². The van der Waals surface area contributed by atoms with Gasteiger partial charge in [-0.3, -0.25) is 19.3 Å². The average Bonchev–Trinajstić information content (AvgIpc) is 2.76. The van der Waals surface area contributed by atoms with Gasteiger partial charge in [-0.1, -0.05) is 19.1 Å². The van der Waals surface area contributed by atoms with Crippen LogP contribution in [0.15, 0.2) is 35.1 Å². The monoisotopic (exact) mass is 471 g/mol. The zero-order chi connectivity index (χ0) is 25.3. The number of aliphatic hydroxyl groups is 2. The average molecular weight is 472 g/mol. The molecule has 0 aliphatic heterocycles. The van der Waals surface area contributed by atoms with Gasteiger partial charge in [-0.15, -0.1) is 0 Å². The molecule has 1 amide bonds. The highest BCUT2D eigenvalue weighted by Gasteiger charge is 2.68. The number of rotatable bonds is 4. The minimum Gasteiger partial charge on any atom is -0.509 e. The lowest BCUT2D eigenvalue weighted by Crippen LogP contribution is -2.74. The van der Waals surface area contributed by atoms with Crippen LogP contribution in [0.3, 0.4) is 0 Å². The Hall–Kier alpha value is -3.21. The molecular formula is C24H29N3O7. The third-order valence-corrected chi connectivity index (χ3v) is 7.67. The molecule has 10 heteroatoms. The zero-order valence-corrected chi connectivity index (χ0v) is 19.6. The highest BCUT2D eigenvalue weighted by molar-refractivity contribution is 6.25. The molecular weight excluding hydrogens is 442 g/mol. The van der Waals surface area contributed by atoms with Crippen molar-refractivity contribution in [1.29, 1.82) is 0 Å². The van der Waals surface area contributed by atoms with Crippen molar-refractivity contribution in [2.24, 2.45) is 17.6 Å². The van der Waals surface area contributed by atoms with Crippen molar-refractivity contribution < 1.29 is 34.4 Å². The van der Waals surface area contributed by atoms with Crippen LogP contribution in [0.5, 0.6) is 5.75 Å². The Morgan fingerprint density at radius 3 is 2.38 bits per heavy atom. The number of phenols is 1. The van der Waals surface area contributed by atoms with Crippen LogP contribution in [0.4, 0.5) is 0 Å². The molecule has 0 bridgehead atoms. The van der Waals surface area contributed by atoms with E-state index in [0.717, 1.165) is 0 Å². The number of carbonyl (C=O) groups is 3. The number of hydrogen-bond donors (Lipinski definition) is 5. The van der Waals surface area contributed by atoms with Gasteiger partial charge in [0.1, 0.15) is 28.4 Å². The minimum absolute atomic E-state index is 0.0545. The molecule has 3 aliphatic rings. The van der Waals surface area contributed by atoms with E-state index in [1.165, 1.54) is 20.2 Å². The summed E-state index contributed by atoms with van der Waals surface area (Å²) in [7, 11) is 6.11. The molecule has 0 heterocycles. The Morgan fingerprint density at radius 1 is 1.21 bits per heavy atom. The van der Waals surface area contributed by atoms with E-state index in [1.54, 1.807) is 31.1 Å². The molecule has 0 radical (unpaired) electrons. The van der Waals surface area contributed by atoms with Gasteiger partial charge >= 0.3 is 0 Å². The number of Topliss-reactive ketones (excluding diaryl/α,β-unsaturated/α-hetero) is 2. The smallest absolute Gasteiger partial charge is 0.255 e. The number of fused-ring (bicyclic) bond motifs is 3. The summed E-state index contributed by atoms with van der Waals surface area (Å²) >= 11 is 0. The van der Waals surface area contributed by atoms with Gasteiger partial charge in [0, 0.05) is 24.5 Å². The first-order chi connectivity index (χ1) is 16.0. The minimum atomic E-state index is -1.98. The molecule has 182 valence electrons. The maximum atomic E-state index is 14.2. The highest BCUT2D eigenvalue weighted by Crippen LogP contribution is 2.56. The number of carbonyl (C=O) groups excluding carboxylic acids is 3. The van der Waals surface area contributed by atoms with Crippen molar-refractivity contribution >= 4 is 23.2 Å². The van der Waals surface area contributed by atoms with Gasteiger partial charge in [0.05, 0.1) is 17.7 Å². The second-order valence-electron chi connectivity index (χ2n) is 9.29. The number of ether oxygens (including phenoxy) is 1. The summed E-state index contributed by atoms with van der Waals surface area (Å²) in [6.45, 7) is 1.85. The molecule has 4 rings (SSSR count). The van der Waals surface area contributed by atoms with Crippen molar-refractivity contribution in [3.63, 3.8) is 0 Å². The second-order valence-corrected chi connectivity index (χ2v) is 9.29. The first-order valence-electron chi connectivity index (χ1n) is 10.9. The van der Waals surface area contributed by atoms with E-state index in [2.05, 4.69) is 5.32 Å². The van der Waals surface area contributed by atoms with Gasteiger partial charge in [0.25, 0.3) is 5.91 Å². The summed E-state index contributed by atoms with van der Waals surface area (Å²) in [5.41, 5.74) is 3.51.